The van der Waals surface area contributed by atoms with Gasteiger partial charge in [0.25, 0.3) is 11.5 Å². The quantitative estimate of drug-likeness (QED) is 0.0443. The number of aliphatic hydroxyl groups excluding tert-OH is 1. The number of hydrogen-bond acceptors (Lipinski definition) is 17. The number of aromatic nitrogens is 4. The van der Waals surface area contributed by atoms with Crippen LogP contribution in [0, 0.1) is 0 Å². The molecule has 1 aromatic carbocycles. The van der Waals surface area contributed by atoms with Crippen LogP contribution >= 0.6 is 0 Å². The van der Waals surface area contributed by atoms with Gasteiger partial charge in [0.05, 0.1) is 50.4 Å². The van der Waals surface area contributed by atoms with Crippen molar-refractivity contribution in [3.05, 3.63) is 64.4 Å². The molecule has 2 amide bonds. The molecule has 1 fully saturated rings. The molecular formula is C40H56N12O11. The molecule has 3 aromatic rings. The van der Waals surface area contributed by atoms with Crippen LogP contribution in [-0.4, -0.2) is 194 Å². The van der Waals surface area contributed by atoms with Crippen LogP contribution < -0.4 is 26.8 Å². The molecule has 1 aliphatic rings. The van der Waals surface area contributed by atoms with E-state index in [2.05, 4.69) is 47.8 Å². The lowest BCUT2D eigenvalue weighted by Crippen LogP contribution is -2.49. The van der Waals surface area contributed by atoms with Gasteiger partial charge in [0.15, 0.2) is 11.2 Å². The van der Waals surface area contributed by atoms with Crippen molar-refractivity contribution in [2.45, 2.75) is 38.3 Å². The highest BCUT2D eigenvalue weighted by molar-refractivity contribution is 5.97. The molecule has 1 saturated heterocycles. The standard InChI is InChI=1S/C40H56N12O11/c1-26(53)22-49-12-16-51(24-33(56)57)18-14-50(15-19-52(17-13-49)25-34(58)59)23-32(55)42-11-3-4-30(54)9-10-31(39(62)63)46-37(60)27-5-7-28(8-6-27)43-20-29-21-44-36-35(45-29)38(61)48-40(41-2)47-36/h5-8,21,31,43,53H,1,3-4,9-20,22-25H2,2H3,(H,42,55)(H,46,60)(H,56,57)(H,58,59)(H,62,63)(H2,41,44,47,48,61). The van der Waals surface area contributed by atoms with Crippen LogP contribution in [0.5, 0.6) is 0 Å². The first-order chi connectivity index (χ1) is 30.1. The number of carboxylic acids is 3. The first-order valence-electron chi connectivity index (χ1n) is 20.4. The number of aliphatic carboxylic acids is 3. The van der Waals surface area contributed by atoms with Crippen LogP contribution in [0.1, 0.15) is 41.7 Å². The highest BCUT2D eigenvalue weighted by Crippen LogP contribution is 2.13. The number of fused-ring (bicyclic) bond motifs is 1. The second-order valence-corrected chi connectivity index (χ2v) is 15.0. The Kier molecular flexibility index (Phi) is 19.3. The van der Waals surface area contributed by atoms with Gasteiger partial charge in [-0.3, -0.25) is 53.4 Å². The number of rotatable bonds is 22. The molecule has 0 spiro atoms. The van der Waals surface area contributed by atoms with Crippen LogP contribution in [0.15, 0.2) is 47.6 Å². The van der Waals surface area contributed by atoms with Crippen molar-refractivity contribution < 1.29 is 49.2 Å². The Morgan fingerprint density at radius 1 is 0.794 bits per heavy atom. The number of amides is 2. The summed E-state index contributed by atoms with van der Waals surface area (Å²) in [6.07, 6.45) is 1.56. The third kappa shape index (κ3) is 17.4. The second-order valence-electron chi connectivity index (χ2n) is 15.0. The van der Waals surface area contributed by atoms with Gasteiger partial charge in [0.1, 0.15) is 11.8 Å². The fraction of sp³-hybridized carbons (Fsp3) is 0.500. The molecule has 1 atom stereocenters. The summed E-state index contributed by atoms with van der Waals surface area (Å²) in [5.74, 6) is -4.36. The third-order valence-corrected chi connectivity index (χ3v) is 10.0. The van der Waals surface area contributed by atoms with Crippen LogP contribution in [0.2, 0.25) is 0 Å². The van der Waals surface area contributed by atoms with E-state index >= 15 is 0 Å². The molecule has 4 rings (SSSR count). The van der Waals surface area contributed by atoms with Crippen molar-refractivity contribution in [2.75, 3.05) is 103 Å². The van der Waals surface area contributed by atoms with E-state index in [1.807, 2.05) is 9.80 Å². The SMILES string of the molecule is C=C(O)CN1CCN(CC(=O)O)CCN(CC(=O)NCCCC(=O)CCC(NC(=O)c2ccc(NCc3cnc4nc(NC)[nH]c(=O)c4n3)cc2)C(=O)O)CCN(CC(=O)O)CC1. The average Bonchev–Trinajstić information content (AvgIpc) is 3.23. The van der Waals surface area contributed by atoms with E-state index in [1.165, 1.54) is 18.3 Å². The van der Waals surface area contributed by atoms with Crippen LogP contribution in [0.25, 0.3) is 11.2 Å². The lowest BCUT2D eigenvalue weighted by Gasteiger charge is -2.33. The van der Waals surface area contributed by atoms with Crippen molar-refractivity contribution in [1.82, 2.24) is 50.2 Å². The van der Waals surface area contributed by atoms with Gasteiger partial charge in [-0.2, -0.15) is 4.98 Å². The van der Waals surface area contributed by atoms with Gasteiger partial charge in [-0.25, -0.2) is 14.8 Å². The number of ketones is 1. The summed E-state index contributed by atoms with van der Waals surface area (Å²) in [6, 6.07) is 4.91. The van der Waals surface area contributed by atoms with Gasteiger partial charge in [-0.15, -0.1) is 0 Å². The number of Topliss-reactive ketones (excluding diaryl/α,β-unsaturated/α-hetero) is 1. The molecule has 1 unspecified atom stereocenters. The maximum Gasteiger partial charge on any atom is 0.326 e. The number of aliphatic hydroxyl groups is 1. The molecule has 3 heterocycles. The van der Waals surface area contributed by atoms with Crippen LogP contribution in [0.4, 0.5) is 11.6 Å². The van der Waals surface area contributed by atoms with E-state index < -0.39 is 35.4 Å². The molecule has 9 N–H and O–H groups in total. The molecule has 0 aliphatic carbocycles. The molecule has 0 radical (unpaired) electrons. The normalized spacial score (nSPS) is 15.3. The number of carbonyl (C=O) groups excluding carboxylic acids is 3. The molecule has 0 bridgehead atoms. The Morgan fingerprint density at radius 3 is 1.90 bits per heavy atom. The zero-order chi connectivity index (χ0) is 45.9. The highest BCUT2D eigenvalue weighted by atomic mass is 16.4. The summed E-state index contributed by atoms with van der Waals surface area (Å²) in [5, 5.41) is 49.6. The van der Waals surface area contributed by atoms with Crippen molar-refractivity contribution in [2.24, 2.45) is 0 Å². The van der Waals surface area contributed by atoms with Gasteiger partial charge < -0.3 is 41.7 Å². The highest BCUT2D eigenvalue weighted by Gasteiger charge is 2.23. The lowest BCUT2D eigenvalue weighted by atomic mass is 10.1. The molecule has 1 aliphatic heterocycles. The average molecular weight is 881 g/mol. The molecule has 342 valence electrons. The number of hydrogen-bond donors (Lipinski definition) is 9. The number of benzene rings is 1. The van der Waals surface area contributed by atoms with Crippen molar-refractivity contribution >= 4 is 58.3 Å². The smallest absolute Gasteiger partial charge is 0.326 e. The number of nitrogens with one attached hydrogen (secondary N) is 5. The summed E-state index contributed by atoms with van der Waals surface area (Å²) in [6.45, 7) is 6.35. The Labute approximate surface area is 362 Å². The number of H-pyrrole nitrogens is 1. The minimum absolute atomic E-state index is 0.0500. The van der Waals surface area contributed by atoms with E-state index in [1.54, 1.807) is 29.0 Å². The molecule has 0 saturated carbocycles. The van der Waals surface area contributed by atoms with Crippen LogP contribution in [0.3, 0.4) is 0 Å². The number of aromatic amines is 1. The van der Waals surface area contributed by atoms with Crippen LogP contribution in [-0.2, 0) is 30.5 Å². The molecule has 23 heteroatoms. The largest absolute Gasteiger partial charge is 0.512 e. The van der Waals surface area contributed by atoms with E-state index in [0.29, 0.717) is 63.7 Å². The summed E-state index contributed by atoms with van der Waals surface area (Å²) in [7, 11) is 1.61. The lowest BCUT2D eigenvalue weighted by molar-refractivity contribution is -0.140. The molecule has 63 heavy (non-hydrogen) atoms. The minimum Gasteiger partial charge on any atom is -0.512 e. The monoisotopic (exact) mass is 880 g/mol. The van der Waals surface area contributed by atoms with E-state index in [9.17, 15) is 54.0 Å². The summed E-state index contributed by atoms with van der Waals surface area (Å²) >= 11 is 0. The molecular weight excluding hydrogens is 825 g/mol. The van der Waals surface area contributed by atoms with Crippen molar-refractivity contribution in [1.29, 1.82) is 0 Å². The first-order valence-corrected chi connectivity index (χ1v) is 20.4. The van der Waals surface area contributed by atoms with Gasteiger partial charge in [-0.05, 0) is 37.1 Å². The maximum absolute atomic E-state index is 13.0. The van der Waals surface area contributed by atoms with Gasteiger partial charge in [0, 0.05) is 90.0 Å². The van der Waals surface area contributed by atoms with Gasteiger partial charge >= 0.3 is 17.9 Å². The summed E-state index contributed by atoms with van der Waals surface area (Å²) in [5.41, 5.74) is 1.11. The van der Waals surface area contributed by atoms with E-state index in [4.69, 9.17) is 0 Å². The predicted molar refractivity (Wildman–Crippen MR) is 229 cm³/mol. The Morgan fingerprint density at radius 2 is 1.37 bits per heavy atom. The zero-order valence-electron chi connectivity index (χ0n) is 35.2. The minimum atomic E-state index is -1.33. The molecule has 23 nitrogen and oxygen atoms in total. The third-order valence-electron chi connectivity index (χ3n) is 10.0. The maximum atomic E-state index is 13.0. The Bertz CT molecular complexity index is 2100. The predicted octanol–water partition coefficient (Wildman–Crippen LogP) is -0.742. The topological polar surface area (TPSA) is 316 Å². The van der Waals surface area contributed by atoms with Crippen molar-refractivity contribution in [3.8, 4) is 0 Å². The second kappa shape index (κ2) is 24.8. The number of anilines is 2. The van der Waals surface area contributed by atoms with Crippen molar-refractivity contribution in [3.63, 3.8) is 0 Å². The summed E-state index contributed by atoms with van der Waals surface area (Å²) in [4.78, 5) is 108. The van der Waals surface area contributed by atoms with E-state index in [0.717, 1.165) is 0 Å². The van der Waals surface area contributed by atoms with Gasteiger partial charge in [-0.1, -0.05) is 6.58 Å². The Balaban J connectivity index is 1.20. The molecule has 2 aromatic heterocycles. The summed E-state index contributed by atoms with van der Waals surface area (Å²) < 4.78 is 0. The van der Waals surface area contributed by atoms with Gasteiger partial charge in [0.2, 0.25) is 11.9 Å². The number of nitrogens with zero attached hydrogens (tertiary/aromatic N) is 7. The van der Waals surface area contributed by atoms with E-state index in [-0.39, 0.29) is 105 Å². The zero-order valence-corrected chi connectivity index (χ0v) is 35.2. The number of carboxylic acid groups (broad SMARTS) is 3. The Hall–Kier alpha value is -6.56. The fourth-order valence-electron chi connectivity index (χ4n) is 6.64. The fourth-order valence-corrected chi connectivity index (χ4v) is 6.64. The number of carbonyl (C=O) groups is 6. The first kappa shape index (κ1) is 49.1.